The largest absolute Gasteiger partial charge is 0.300 e. The summed E-state index contributed by atoms with van der Waals surface area (Å²) >= 11 is 6.43. The van der Waals surface area contributed by atoms with Crippen LogP contribution in [-0.2, 0) is 9.84 Å². The summed E-state index contributed by atoms with van der Waals surface area (Å²) in [6.45, 7) is 2.01. The SMILES string of the molecule is Cc1cccc(Cl)c1-c1nccn1-c1ccc(-c2cccc(S(C)(=O)=O)c2)cc1. The van der Waals surface area contributed by atoms with Crippen LogP contribution in [0.4, 0.5) is 0 Å². The van der Waals surface area contributed by atoms with Crippen molar-refractivity contribution in [3.8, 4) is 28.2 Å². The Balaban J connectivity index is 1.73. The third kappa shape index (κ3) is 3.84. The Hall–Kier alpha value is -2.89. The van der Waals surface area contributed by atoms with E-state index in [1.54, 1.807) is 24.4 Å². The number of hydrogen-bond acceptors (Lipinski definition) is 3. The first kappa shape index (κ1) is 19.4. The van der Waals surface area contributed by atoms with E-state index in [-0.39, 0.29) is 0 Å². The molecule has 0 fully saturated rings. The number of sulfone groups is 1. The molecule has 0 aliphatic rings. The first-order valence-corrected chi connectivity index (χ1v) is 11.3. The number of rotatable bonds is 4. The molecular weight excluding hydrogens is 404 g/mol. The number of nitrogens with zero attached hydrogens (tertiary/aromatic N) is 2. The topological polar surface area (TPSA) is 52.0 Å². The molecule has 0 spiro atoms. The zero-order valence-corrected chi connectivity index (χ0v) is 17.6. The second-order valence-electron chi connectivity index (χ2n) is 6.90. The lowest BCUT2D eigenvalue weighted by molar-refractivity contribution is 0.602. The van der Waals surface area contributed by atoms with E-state index in [4.69, 9.17) is 11.6 Å². The van der Waals surface area contributed by atoms with E-state index in [0.717, 1.165) is 33.8 Å². The van der Waals surface area contributed by atoms with Crippen LogP contribution in [0.5, 0.6) is 0 Å². The average molecular weight is 423 g/mol. The third-order valence-electron chi connectivity index (χ3n) is 4.83. The van der Waals surface area contributed by atoms with Gasteiger partial charge in [-0.2, -0.15) is 0 Å². The molecule has 0 saturated heterocycles. The van der Waals surface area contributed by atoms with Gasteiger partial charge in [0.1, 0.15) is 5.82 Å². The minimum absolute atomic E-state index is 0.310. The molecule has 4 aromatic rings. The van der Waals surface area contributed by atoms with Crippen LogP contribution in [0.3, 0.4) is 0 Å². The molecule has 146 valence electrons. The number of aryl methyl sites for hydroxylation is 1. The molecule has 3 aromatic carbocycles. The molecule has 0 bridgehead atoms. The molecule has 6 heteroatoms. The van der Waals surface area contributed by atoms with Gasteiger partial charge in [-0.05, 0) is 53.9 Å². The summed E-state index contributed by atoms with van der Waals surface area (Å²) in [5.41, 5.74) is 4.70. The smallest absolute Gasteiger partial charge is 0.175 e. The van der Waals surface area contributed by atoms with Crippen molar-refractivity contribution in [2.45, 2.75) is 11.8 Å². The van der Waals surface area contributed by atoms with E-state index in [2.05, 4.69) is 4.98 Å². The predicted molar refractivity (Wildman–Crippen MR) is 117 cm³/mol. The first-order valence-electron chi connectivity index (χ1n) is 9.04. The summed E-state index contributed by atoms with van der Waals surface area (Å²) in [5.74, 6) is 0.778. The molecule has 1 heterocycles. The van der Waals surface area contributed by atoms with Crippen molar-refractivity contribution >= 4 is 21.4 Å². The Bertz CT molecular complexity index is 1270. The molecule has 4 nitrogen and oxygen atoms in total. The fourth-order valence-corrected chi connectivity index (χ4v) is 4.31. The van der Waals surface area contributed by atoms with Crippen LogP contribution < -0.4 is 0 Å². The highest BCUT2D eigenvalue weighted by molar-refractivity contribution is 7.90. The Morgan fingerprint density at radius 2 is 1.66 bits per heavy atom. The molecule has 0 aliphatic carbocycles. The number of aromatic nitrogens is 2. The Labute approximate surface area is 175 Å². The number of imidazole rings is 1. The van der Waals surface area contributed by atoms with E-state index in [1.807, 2.05) is 66.2 Å². The van der Waals surface area contributed by atoms with Crippen LogP contribution in [0.1, 0.15) is 5.56 Å². The zero-order valence-electron chi connectivity index (χ0n) is 16.0. The van der Waals surface area contributed by atoms with Crippen LogP contribution in [0.15, 0.2) is 84.0 Å². The van der Waals surface area contributed by atoms with Crippen molar-refractivity contribution in [1.82, 2.24) is 9.55 Å². The van der Waals surface area contributed by atoms with E-state index in [9.17, 15) is 8.42 Å². The van der Waals surface area contributed by atoms with Gasteiger partial charge in [-0.15, -0.1) is 0 Å². The summed E-state index contributed by atoms with van der Waals surface area (Å²) in [5, 5.41) is 0.659. The first-order chi connectivity index (χ1) is 13.8. The van der Waals surface area contributed by atoms with Gasteiger partial charge >= 0.3 is 0 Å². The van der Waals surface area contributed by atoms with Crippen LogP contribution in [-0.4, -0.2) is 24.2 Å². The fraction of sp³-hybridized carbons (Fsp3) is 0.0870. The third-order valence-corrected chi connectivity index (χ3v) is 6.25. The number of hydrogen-bond donors (Lipinski definition) is 0. The molecule has 0 amide bonds. The lowest BCUT2D eigenvalue weighted by atomic mass is 10.1. The summed E-state index contributed by atoms with van der Waals surface area (Å²) in [4.78, 5) is 4.83. The highest BCUT2D eigenvalue weighted by atomic mass is 35.5. The second-order valence-corrected chi connectivity index (χ2v) is 9.32. The highest BCUT2D eigenvalue weighted by Crippen LogP contribution is 2.32. The number of halogens is 1. The molecule has 0 saturated carbocycles. The van der Waals surface area contributed by atoms with Crippen molar-refractivity contribution < 1.29 is 8.42 Å². The molecule has 0 aliphatic heterocycles. The summed E-state index contributed by atoms with van der Waals surface area (Å²) in [6, 6.07) is 20.7. The normalized spacial score (nSPS) is 11.6. The van der Waals surface area contributed by atoms with Gasteiger partial charge in [0.25, 0.3) is 0 Å². The fourth-order valence-electron chi connectivity index (χ4n) is 3.33. The summed E-state index contributed by atoms with van der Waals surface area (Å²) < 4.78 is 25.7. The lowest BCUT2D eigenvalue weighted by Gasteiger charge is -2.12. The maximum atomic E-state index is 11.8. The zero-order chi connectivity index (χ0) is 20.6. The minimum Gasteiger partial charge on any atom is -0.300 e. The standard InChI is InChI=1S/C23H19ClN2O2S/c1-16-5-3-8-21(24)22(16)23-25-13-14-26(23)19-11-9-17(10-12-19)18-6-4-7-20(15-18)29(2,27)28/h3-15H,1-2H3. The van der Waals surface area contributed by atoms with Crippen molar-refractivity contribution in [2.24, 2.45) is 0 Å². The quantitative estimate of drug-likeness (QED) is 0.432. The average Bonchev–Trinajstić information content (AvgIpc) is 3.17. The van der Waals surface area contributed by atoms with E-state index in [1.165, 1.54) is 6.26 Å². The Kier molecular flexibility index (Phi) is 5.03. The van der Waals surface area contributed by atoms with Gasteiger partial charge in [0.05, 0.1) is 9.92 Å². The molecule has 1 aromatic heterocycles. The summed E-state index contributed by atoms with van der Waals surface area (Å²) in [6.07, 6.45) is 4.87. The van der Waals surface area contributed by atoms with Crippen LogP contribution in [0.25, 0.3) is 28.2 Å². The van der Waals surface area contributed by atoms with Crippen LogP contribution in [0, 0.1) is 6.92 Å². The second kappa shape index (κ2) is 7.50. The molecule has 0 unspecified atom stereocenters. The molecule has 0 atom stereocenters. The van der Waals surface area contributed by atoms with E-state index >= 15 is 0 Å². The van der Waals surface area contributed by atoms with Crippen molar-refractivity contribution in [2.75, 3.05) is 6.26 Å². The van der Waals surface area contributed by atoms with Gasteiger partial charge < -0.3 is 0 Å². The number of benzene rings is 3. The van der Waals surface area contributed by atoms with Gasteiger partial charge in [0.15, 0.2) is 9.84 Å². The Morgan fingerprint density at radius 3 is 2.34 bits per heavy atom. The van der Waals surface area contributed by atoms with Crippen molar-refractivity contribution in [3.05, 3.63) is 89.7 Å². The van der Waals surface area contributed by atoms with Gasteiger partial charge in [0.2, 0.25) is 0 Å². The van der Waals surface area contributed by atoms with Crippen LogP contribution >= 0.6 is 11.6 Å². The molecule has 4 rings (SSSR count). The maximum Gasteiger partial charge on any atom is 0.175 e. The van der Waals surface area contributed by atoms with Gasteiger partial charge in [-0.3, -0.25) is 4.57 Å². The Morgan fingerprint density at radius 1 is 0.931 bits per heavy atom. The molecule has 0 radical (unpaired) electrons. The minimum atomic E-state index is -3.25. The molecule has 29 heavy (non-hydrogen) atoms. The maximum absolute atomic E-state index is 11.8. The highest BCUT2D eigenvalue weighted by Gasteiger charge is 2.14. The van der Waals surface area contributed by atoms with E-state index < -0.39 is 9.84 Å². The summed E-state index contributed by atoms with van der Waals surface area (Å²) in [7, 11) is -3.25. The van der Waals surface area contributed by atoms with Gasteiger partial charge in [-0.25, -0.2) is 13.4 Å². The van der Waals surface area contributed by atoms with Gasteiger partial charge in [-0.1, -0.05) is 48.0 Å². The van der Waals surface area contributed by atoms with Crippen molar-refractivity contribution in [3.63, 3.8) is 0 Å². The predicted octanol–water partition coefficient (Wildman–Crippen LogP) is 5.57. The van der Waals surface area contributed by atoms with Gasteiger partial charge in [0, 0.05) is 29.9 Å². The lowest BCUT2D eigenvalue weighted by Crippen LogP contribution is -1.99. The molecular formula is C23H19ClN2O2S. The molecule has 0 N–H and O–H groups in total. The monoisotopic (exact) mass is 422 g/mol. The van der Waals surface area contributed by atoms with Crippen LogP contribution in [0.2, 0.25) is 5.02 Å². The van der Waals surface area contributed by atoms with Crippen molar-refractivity contribution in [1.29, 1.82) is 0 Å². The van der Waals surface area contributed by atoms with E-state index in [0.29, 0.717) is 9.92 Å².